The van der Waals surface area contributed by atoms with Crippen LogP contribution in [0.1, 0.15) is 96.7 Å². The first-order valence-corrected chi connectivity index (χ1v) is 18.8. The lowest BCUT2D eigenvalue weighted by Gasteiger charge is -2.18. The van der Waals surface area contributed by atoms with Crippen molar-refractivity contribution in [3.8, 4) is 11.1 Å². The number of hydrogen-bond acceptors (Lipinski definition) is 8. The number of carbonyl (C=O) groups excluding carboxylic acids is 2. The van der Waals surface area contributed by atoms with Crippen molar-refractivity contribution in [2.75, 3.05) is 26.4 Å². The molecule has 1 heterocycles. The van der Waals surface area contributed by atoms with Gasteiger partial charge in [-0.1, -0.05) is 123 Å². The number of aliphatic hydroxyl groups excluding tert-OH is 2. The van der Waals surface area contributed by atoms with E-state index < -0.39 is 12.2 Å². The number of carbonyl (C=O) groups is 2. The lowest BCUT2D eigenvalue weighted by molar-refractivity contribution is -0.0165. The zero-order chi connectivity index (χ0) is 36.5. The van der Waals surface area contributed by atoms with Crippen LogP contribution in [-0.2, 0) is 28.9 Å². The summed E-state index contributed by atoms with van der Waals surface area (Å²) in [6, 6.07) is 25.5. The number of allylic oxidation sites excluding steroid dienone is 2. The molecule has 0 aliphatic heterocycles. The van der Waals surface area contributed by atoms with E-state index in [9.17, 15) is 19.8 Å². The van der Waals surface area contributed by atoms with Crippen LogP contribution in [0.15, 0.2) is 96.2 Å². The third-order valence-electron chi connectivity index (χ3n) is 9.60. The van der Waals surface area contributed by atoms with Gasteiger partial charge >= 0.3 is 0 Å². The van der Waals surface area contributed by atoms with Gasteiger partial charge in [0.25, 0.3) is 0 Å². The van der Waals surface area contributed by atoms with E-state index in [0.717, 1.165) is 61.9 Å². The number of Topliss-reactive ketones (excluding diaryl/α,β-unsaturated/α-hetero) is 2. The maximum absolute atomic E-state index is 12.9. The smallest absolute Gasteiger partial charge is 0.190 e. The number of fused-ring (bicyclic) bond motifs is 1. The second-order valence-electron chi connectivity index (χ2n) is 13.8. The summed E-state index contributed by atoms with van der Waals surface area (Å²) in [5, 5.41) is 29.2. The Morgan fingerprint density at radius 3 is 1.88 bits per heavy atom. The fourth-order valence-electron chi connectivity index (χ4n) is 6.68. The molecule has 52 heavy (non-hydrogen) atoms. The van der Waals surface area contributed by atoms with Crippen molar-refractivity contribution < 1.29 is 29.3 Å². The highest BCUT2D eigenvalue weighted by Crippen LogP contribution is 2.29. The highest BCUT2D eigenvalue weighted by atomic mass is 16.5. The molecule has 0 amide bonds. The molecule has 4 aromatic rings. The monoisotopic (exact) mass is 707 g/mol. The SMILES string of the molecule is CC1=C(CCCCCCCCCCn2cc(C[C@H](O)COCCOC[C@@H](O)Cc3ccc(-c4ccccc4)cc3)nn2)C(=O)c2ccccc2C1=O. The Morgan fingerprint density at radius 2 is 1.21 bits per heavy atom. The van der Waals surface area contributed by atoms with E-state index in [-0.39, 0.29) is 24.8 Å². The summed E-state index contributed by atoms with van der Waals surface area (Å²) in [4.78, 5) is 25.6. The molecular formula is C43H53N3O6. The van der Waals surface area contributed by atoms with E-state index in [4.69, 9.17) is 9.47 Å². The molecule has 1 aliphatic rings. The number of benzene rings is 3. The summed E-state index contributed by atoms with van der Waals surface area (Å²) in [6.07, 6.45) is 10.9. The molecule has 0 saturated heterocycles. The summed E-state index contributed by atoms with van der Waals surface area (Å²) < 4.78 is 13.0. The normalized spacial score (nSPS) is 14.1. The zero-order valence-corrected chi connectivity index (χ0v) is 30.4. The number of aromatic nitrogens is 3. The molecule has 2 N–H and O–H groups in total. The Kier molecular flexibility index (Phi) is 15.5. The Hall–Kier alpha value is -4.28. The molecule has 0 fully saturated rings. The molecule has 0 spiro atoms. The Bertz CT molecular complexity index is 1730. The van der Waals surface area contributed by atoms with Gasteiger partial charge in [-0.2, -0.15) is 0 Å². The van der Waals surface area contributed by atoms with Crippen molar-refractivity contribution in [1.82, 2.24) is 15.0 Å². The molecule has 0 saturated carbocycles. The number of ketones is 2. The average Bonchev–Trinajstić information content (AvgIpc) is 3.61. The van der Waals surface area contributed by atoms with Crippen LogP contribution < -0.4 is 0 Å². The molecule has 3 aromatic carbocycles. The molecule has 5 rings (SSSR count). The number of aryl methyl sites for hydroxylation is 1. The van der Waals surface area contributed by atoms with Crippen LogP contribution in [-0.4, -0.2) is 75.4 Å². The molecular weight excluding hydrogens is 654 g/mol. The van der Waals surface area contributed by atoms with Crippen LogP contribution in [0.4, 0.5) is 0 Å². The maximum Gasteiger partial charge on any atom is 0.190 e. The van der Waals surface area contributed by atoms with Crippen LogP contribution in [0.5, 0.6) is 0 Å². The lowest BCUT2D eigenvalue weighted by Crippen LogP contribution is -2.22. The minimum Gasteiger partial charge on any atom is -0.390 e. The van der Waals surface area contributed by atoms with Gasteiger partial charge in [0.1, 0.15) is 0 Å². The summed E-state index contributed by atoms with van der Waals surface area (Å²) in [6.45, 7) is 3.65. The van der Waals surface area contributed by atoms with Crippen LogP contribution >= 0.6 is 0 Å². The number of unbranched alkanes of at least 4 members (excludes halogenated alkanes) is 7. The average molecular weight is 708 g/mol. The van der Waals surface area contributed by atoms with Gasteiger partial charge in [0.2, 0.25) is 0 Å². The van der Waals surface area contributed by atoms with E-state index in [0.29, 0.717) is 54.7 Å². The topological polar surface area (TPSA) is 124 Å². The maximum atomic E-state index is 12.9. The van der Waals surface area contributed by atoms with Gasteiger partial charge in [-0.25, -0.2) is 0 Å². The van der Waals surface area contributed by atoms with E-state index in [1.54, 1.807) is 19.1 Å². The third kappa shape index (κ3) is 11.9. The molecule has 0 bridgehead atoms. The molecule has 0 unspecified atom stereocenters. The zero-order valence-electron chi connectivity index (χ0n) is 30.4. The fourth-order valence-corrected chi connectivity index (χ4v) is 6.68. The predicted octanol–water partition coefficient (Wildman–Crippen LogP) is 7.39. The van der Waals surface area contributed by atoms with E-state index in [1.165, 1.54) is 18.4 Å². The molecule has 1 aromatic heterocycles. The van der Waals surface area contributed by atoms with Crippen LogP contribution in [0, 0.1) is 0 Å². The highest BCUT2D eigenvalue weighted by molar-refractivity contribution is 6.26. The minimum atomic E-state index is -0.683. The molecule has 276 valence electrons. The van der Waals surface area contributed by atoms with Crippen molar-refractivity contribution in [1.29, 1.82) is 0 Å². The fraction of sp³-hybridized carbons (Fsp3) is 0.442. The van der Waals surface area contributed by atoms with Crippen LogP contribution in [0.25, 0.3) is 11.1 Å². The molecule has 9 heteroatoms. The largest absolute Gasteiger partial charge is 0.390 e. The van der Waals surface area contributed by atoms with E-state index in [2.05, 4.69) is 34.6 Å². The van der Waals surface area contributed by atoms with Gasteiger partial charge in [-0.3, -0.25) is 14.3 Å². The second-order valence-corrected chi connectivity index (χ2v) is 13.8. The van der Waals surface area contributed by atoms with Gasteiger partial charge in [0.15, 0.2) is 11.6 Å². The van der Waals surface area contributed by atoms with Crippen LogP contribution in [0.2, 0.25) is 0 Å². The van der Waals surface area contributed by atoms with Gasteiger partial charge in [-0.15, -0.1) is 5.10 Å². The van der Waals surface area contributed by atoms with Gasteiger partial charge in [0, 0.05) is 47.9 Å². The summed E-state index contributed by atoms with van der Waals surface area (Å²) in [5.74, 6) is 0.000682. The number of ether oxygens (including phenoxy) is 2. The van der Waals surface area contributed by atoms with Crippen LogP contribution in [0.3, 0.4) is 0 Å². The minimum absolute atomic E-state index is 0.0142. The predicted molar refractivity (Wildman–Crippen MR) is 202 cm³/mol. The first-order chi connectivity index (χ1) is 25.4. The molecule has 1 aliphatic carbocycles. The van der Waals surface area contributed by atoms with Crippen molar-refractivity contribution in [2.45, 2.75) is 96.3 Å². The molecule has 2 atom stereocenters. The summed E-state index contributed by atoms with van der Waals surface area (Å²) in [5.41, 5.74) is 6.48. The van der Waals surface area contributed by atoms with Crippen molar-refractivity contribution >= 4 is 11.6 Å². The molecule has 9 nitrogen and oxygen atoms in total. The third-order valence-corrected chi connectivity index (χ3v) is 9.60. The number of rotatable bonds is 23. The lowest BCUT2D eigenvalue weighted by atomic mass is 9.82. The quantitative estimate of drug-likeness (QED) is 0.0766. The first kappa shape index (κ1) is 38.9. The Morgan fingerprint density at radius 1 is 0.654 bits per heavy atom. The van der Waals surface area contributed by atoms with Crippen molar-refractivity contribution in [2.24, 2.45) is 0 Å². The molecule has 0 radical (unpaired) electrons. The van der Waals surface area contributed by atoms with Gasteiger partial charge in [-0.05, 0) is 42.9 Å². The van der Waals surface area contributed by atoms with Gasteiger partial charge < -0.3 is 19.7 Å². The highest BCUT2D eigenvalue weighted by Gasteiger charge is 2.28. The number of hydrogen-bond donors (Lipinski definition) is 2. The number of aliphatic hydroxyl groups is 2. The van der Waals surface area contributed by atoms with Gasteiger partial charge in [0.05, 0.1) is 44.3 Å². The van der Waals surface area contributed by atoms with E-state index in [1.807, 2.05) is 53.3 Å². The Labute approximate surface area is 307 Å². The van der Waals surface area contributed by atoms with Crippen molar-refractivity contribution in [3.63, 3.8) is 0 Å². The summed E-state index contributed by atoms with van der Waals surface area (Å²) >= 11 is 0. The van der Waals surface area contributed by atoms with Crippen molar-refractivity contribution in [3.05, 3.63) is 119 Å². The summed E-state index contributed by atoms with van der Waals surface area (Å²) in [7, 11) is 0. The number of nitrogens with zero attached hydrogens (tertiary/aromatic N) is 3. The first-order valence-electron chi connectivity index (χ1n) is 18.8. The Balaban J connectivity index is 0.838. The van der Waals surface area contributed by atoms with E-state index >= 15 is 0 Å². The standard InChI is InChI=1S/C43H53N3O6/c1-32-39(43(50)41-19-13-12-18-40(41)42(32)49)17-11-6-4-2-3-5-7-14-24-46-29-36(44-45-46)28-38(48)31-52-26-25-51-30-37(47)27-33-20-22-35(23-21-33)34-15-9-8-10-16-34/h8-10,12-13,15-16,18-23,29,37-38,47-48H,2-7,11,14,17,24-28,30-31H2,1H3/t37-,38-/m0/s1. The second kappa shape index (κ2) is 20.7.